The van der Waals surface area contributed by atoms with Crippen molar-refractivity contribution in [3.63, 3.8) is 0 Å². The van der Waals surface area contributed by atoms with Crippen molar-refractivity contribution in [2.45, 2.75) is 0 Å². The van der Waals surface area contributed by atoms with Crippen molar-refractivity contribution in [3.8, 4) is 45.0 Å². The number of hydrogen-bond acceptors (Lipinski definition) is 1. The molecule has 3 heteroatoms. The molecule has 3 heterocycles. The van der Waals surface area contributed by atoms with Gasteiger partial charge in [-0.05, 0) is 81.9 Å². The first-order valence-corrected chi connectivity index (χ1v) is 19.9. The summed E-state index contributed by atoms with van der Waals surface area (Å²) < 4.78 is 4.87. The standard InChI is InChI=1S/C55H35N3/c1-4-14-36(15-5-1)40-34-48(37-16-6-2-7-17-37)56-49(35-40)38-24-28-42(29-25-38)57-51-23-13-11-21-47(51)54-45-30-26-39-27-31-46-43-20-10-12-22-50(43)58(41-18-8-3-9-19-41)55(46)53(39)44(45)32-33-52(54)57/h1-35H. The fraction of sp³-hybridized carbons (Fsp3) is 0. The molecule has 0 radical (unpaired) electrons. The smallest absolute Gasteiger partial charge is 0.0715 e. The summed E-state index contributed by atoms with van der Waals surface area (Å²) in [6.07, 6.45) is 0. The molecule has 58 heavy (non-hydrogen) atoms. The summed E-state index contributed by atoms with van der Waals surface area (Å²) in [6.45, 7) is 0. The third kappa shape index (κ3) is 4.97. The van der Waals surface area contributed by atoms with Gasteiger partial charge in [-0.15, -0.1) is 0 Å². The van der Waals surface area contributed by atoms with Gasteiger partial charge in [0.25, 0.3) is 0 Å². The van der Waals surface area contributed by atoms with Crippen LogP contribution >= 0.6 is 0 Å². The molecule has 0 spiro atoms. The zero-order valence-electron chi connectivity index (χ0n) is 31.5. The van der Waals surface area contributed by atoms with Crippen molar-refractivity contribution >= 4 is 65.2 Å². The van der Waals surface area contributed by atoms with Gasteiger partial charge in [-0.3, -0.25) is 0 Å². The number of benzene rings is 9. The average molecular weight is 738 g/mol. The molecule has 0 unspecified atom stereocenters. The van der Waals surface area contributed by atoms with Crippen LogP contribution in [0.15, 0.2) is 212 Å². The molecule has 0 N–H and O–H groups in total. The lowest BCUT2D eigenvalue weighted by molar-refractivity contribution is 1.18. The molecular formula is C55H35N3. The first-order valence-electron chi connectivity index (χ1n) is 19.9. The van der Waals surface area contributed by atoms with Crippen LogP contribution in [-0.2, 0) is 0 Å². The van der Waals surface area contributed by atoms with Crippen LogP contribution in [0.5, 0.6) is 0 Å². The fourth-order valence-corrected chi connectivity index (χ4v) is 9.28. The monoisotopic (exact) mass is 737 g/mol. The topological polar surface area (TPSA) is 22.8 Å². The van der Waals surface area contributed by atoms with Crippen LogP contribution in [0, 0.1) is 0 Å². The third-order valence-corrected chi connectivity index (χ3v) is 11.9. The molecule has 12 rings (SSSR count). The Morgan fingerprint density at radius 1 is 0.293 bits per heavy atom. The summed E-state index contributed by atoms with van der Waals surface area (Å²) in [5.41, 5.74) is 13.5. The first-order chi connectivity index (χ1) is 28.8. The highest BCUT2D eigenvalue weighted by molar-refractivity contribution is 6.31. The second-order valence-electron chi connectivity index (χ2n) is 15.1. The van der Waals surface area contributed by atoms with Crippen LogP contribution in [0.2, 0.25) is 0 Å². The summed E-state index contributed by atoms with van der Waals surface area (Å²) in [4.78, 5) is 5.20. The molecule has 9 aromatic carbocycles. The van der Waals surface area contributed by atoms with E-state index in [1.165, 1.54) is 70.7 Å². The van der Waals surface area contributed by atoms with Gasteiger partial charge < -0.3 is 9.13 Å². The van der Waals surface area contributed by atoms with Crippen molar-refractivity contribution < 1.29 is 0 Å². The van der Waals surface area contributed by atoms with Gasteiger partial charge >= 0.3 is 0 Å². The Bertz CT molecular complexity index is 3470. The number of rotatable bonds is 5. The van der Waals surface area contributed by atoms with Crippen LogP contribution in [0.1, 0.15) is 0 Å². The van der Waals surface area contributed by atoms with Gasteiger partial charge in [0.2, 0.25) is 0 Å². The van der Waals surface area contributed by atoms with E-state index in [4.69, 9.17) is 4.98 Å². The fourth-order valence-electron chi connectivity index (χ4n) is 9.28. The maximum atomic E-state index is 5.20. The number of pyridine rings is 1. The van der Waals surface area contributed by atoms with Crippen molar-refractivity contribution in [1.82, 2.24) is 14.1 Å². The van der Waals surface area contributed by atoms with Crippen molar-refractivity contribution in [2.75, 3.05) is 0 Å². The SMILES string of the molecule is c1ccc(-c2cc(-c3ccccc3)nc(-c3ccc(-n4c5ccccc5c5c6ccc7ccc8c9ccccc9n(-c9ccccc9)c8c7c6ccc54)cc3)c2)cc1. The first kappa shape index (κ1) is 32.5. The highest BCUT2D eigenvalue weighted by atomic mass is 15.0. The summed E-state index contributed by atoms with van der Waals surface area (Å²) in [5, 5.41) is 10.1. The molecule has 0 amide bonds. The van der Waals surface area contributed by atoms with E-state index in [9.17, 15) is 0 Å². The molecule has 0 saturated carbocycles. The predicted octanol–water partition coefficient (Wildman–Crippen LogP) is 14.6. The minimum absolute atomic E-state index is 0.950. The quantitative estimate of drug-likeness (QED) is 0.161. The Kier molecular flexibility index (Phi) is 7.23. The summed E-state index contributed by atoms with van der Waals surface area (Å²) in [6, 6.07) is 76.7. The molecular weight excluding hydrogens is 703 g/mol. The van der Waals surface area contributed by atoms with E-state index in [1.807, 2.05) is 6.07 Å². The maximum absolute atomic E-state index is 5.20. The number of nitrogens with zero attached hydrogens (tertiary/aromatic N) is 3. The van der Waals surface area contributed by atoms with Crippen LogP contribution < -0.4 is 0 Å². The van der Waals surface area contributed by atoms with E-state index >= 15 is 0 Å². The van der Waals surface area contributed by atoms with Crippen molar-refractivity contribution in [2.24, 2.45) is 0 Å². The van der Waals surface area contributed by atoms with Gasteiger partial charge in [0.05, 0.1) is 33.5 Å². The highest BCUT2D eigenvalue weighted by Crippen LogP contribution is 2.43. The molecule has 0 aliphatic rings. The number of para-hydroxylation sites is 3. The van der Waals surface area contributed by atoms with Crippen molar-refractivity contribution in [1.29, 1.82) is 0 Å². The Hall–Kier alpha value is -7.75. The second-order valence-corrected chi connectivity index (χ2v) is 15.1. The lowest BCUT2D eigenvalue weighted by atomic mass is 9.96. The van der Waals surface area contributed by atoms with Gasteiger partial charge in [-0.2, -0.15) is 0 Å². The maximum Gasteiger partial charge on any atom is 0.0715 e. The Morgan fingerprint density at radius 2 is 0.810 bits per heavy atom. The normalized spacial score (nSPS) is 11.8. The van der Waals surface area contributed by atoms with Gasteiger partial charge in [-0.25, -0.2) is 4.98 Å². The second kappa shape index (κ2) is 12.9. The van der Waals surface area contributed by atoms with E-state index in [1.54, 1.807) is 0 Å². The molecule has 0 aliphatic carbocycles. The molecule has 0 bridgehead atoms. The zero-order chi connectivity index (χ0) is 38.2. The summed E-state index contributed by atoms with van der Waals surface area (Å²) in [5.74, 6) is 0. The minimum Gasteiger partial charge on any atom is -0.309 e. The number of hydrogen-bond donors (Lipinski definition) is 0. The molecule has 12 aromatic rings. The van der Waals surface area contributed by atoms with Gasteiger partial charge in [0.1, 0.15) is 0 Å². The molecule has 3 nitrogen and oxygen atoms in total. The van der Waals surface area contributed by atoms with Crippen LogP contribution in [0.4, 0.5) is 0 Å². The lowest BCUT2D eigenvalue weighted by Crippen LogP contribution is -1.95. The molecule has 0 fully saturated rings. The highest BCUT2D eigenvalue weighted by Gasteiger charge is 2.20. The number of aromatic nitrogens is 3. The summed E-state index contributed by atoms with van der Waals surface area (Å²) in [7, 11) is 0. The Labute approximate surface area is 335 Å². The lowest BCUT2D eigenvalue weighted by Gasteiger charge is -2.13. The number of fused-ring (bicyclic) bond motifs is 11. The minimum atomic E-state index is 0.950. The predicted molar refractivity (Wildman–Crippen MR) is 244 cm³/mol. The third-order valence-electron chi connectivity index (χ3n) is 11.9. The van der Waals surface area contributed by atoms with Crippen molar-refractivity contribution in [3.05, 3.63) is 212 Å². The van der Waals surface area contributed by atoms with Gasteiger partial charge in [0.15, 0.2) is 0 Å². The molecule has 0 atom stereocenters. The van der Waals surface area contributed by atoms with E-state index in [0.29, 0.717) is 0 Å². The molecule has 3 aromatic heterocycles. The van der Waals surface area contributed by atoms with Crippen LogP contribution in [0.3, 0.4) is 0 Å². The van der Waals surface area contributed by atoms with E-state index in [0.717, 1.165) is 39.5 Å². The van der Waals surface area contributed by atoms with E-state index in [-0.39, 0.29) is 0 Å². The van der Waals surface area contributed by atoms with Gasteiger partial charge in [-0.1, -0.05) is 158 Å². The molecule has 270 valence electrons. The largest absolute Gasteiger partial charge is 0.309 e. The van der Waals surface area contributed by atoms with Crippen LogP contribution in [-0.4, -0.2) is 14.1 Å². The van der Waals surface area contributed by atoms with E-state index in [2.05, 4.69) is 215 Å². The van der Waals surface area contributed by atoms with Gasteiger partial charge in [0, 0.05) is 49.4 Å². The summed E-state index contributed by atoms with van der Waals surface area (Å²) >= 11 is 0. The van der Waals surface area contributed by atoms with E-state index < -0.39 is 0 Å². The Balaban J connectivity index is 1.06. The molecule has 0 saturated heterocycles. The average Bonchev–Trinajstić information content (AvgIpc) is 3.83. The van der Waals surface area contributed by atoms with Crippen LogP contribution in [0.25, 0.3) is 110 Å². The Morgan fingerprint density at radius 3 is 1.52 bits per heavy atom. The zero-order valence-corrected chi connectivity index (χ0v) is 31.5. The molecule has 0 aliphatic heterocycles.